The molecule has 4 rings (SSSR count). The molecule has 0 saturated carbocycles. The van der Waals surface area contributed by atoms with Crippen molar-refractivity contribution < 1.29 is 19.1 Å². The minimum Gasteiger partial charge on any atom is -0.458 e. The quantitative estimate of drug-likeness (QED) is 0.402. The first-order chi connectivity index (χ1) is 15.4. The summed E-state index contributed by atoms with van der Waals surface area (Å²) in [6.07, 6.45) is 3.77. The summed E-state index contributed by atoms with van der Waals surface area (Å²) in [7, 11) is 0. The van der Waals surface area contributed by atoms with E-state index in [9.17, 15) is 19.2 Å². The summed E-state index contributed by atoms with van der Waals surface area (Å²) in [5.41, 5.74) is 1.94. The van der Waals surface area contributed by atoms with E-state index in [1.165, 1.54) is 22.2 Å². The molecule has 2 aromatic heterocycles. The molecule has 1 atom stereocenters. The fourth-order valence-corrected chi connectivity index (χ4v) is 4.10. The van der Waals surface area contributed by atoms with Crippen LogP contribution in [0.25, 0.3) is 5.65 Å². The van der Waals surface area contributed by atoms with Gasteiger partial charge in [0.25, 0.3) is 17.4 Å². The lowest BCUT2D eigenvalue weighted by Gasteiger charge is -2.24. The Morgan fingerprint density at radius 1 is 1.09 bits per heavy atom. The van der Waals surface area contributed by atoms with Crippen LogP contribution in [0.4, 0.5) is 0 Å². The Morgan fingerprint density at radius 2 is 1.78 bits per heavy atom. The van der Waals surface area contributed by atoms with Crippen LogP contribution < -0.4 is 5.56 Å². The van der Waals surface area contributed by atoms with E-state index in [2.05, 4.69) is 4.98 Å². The van der Waals surface area contributed by atoms with Gasteiger partial charge < -0.3 is 4.74 Å². The lowest BCUT2D eigenvalue weighted by atomic mass is 10.1. The van der Waals surface area contributed by atoms with Crippen LogP contribution in [0, 0.1) is 6.92 Å². The molecule has 0 radical (unpaired) electrons. The Morgan fingerprint density at radius 3 is 2.44 bits per heavy atom. The highest BCUT2D eigenvalue weighted by Gasteiger charge is 2.43. The molecule has 1 aliphatic rings. The molecule has 0 N–H and O–H groups in total. The van der Waals surface area contributed by atoms with Crippen molar-refractivity contribution in [2.75, 3.05) is 12.0 Å². The second kappa shape index (κ2) is 8.96. The molecule has 164 valence electrons. The SMILES string of the molecule is CSCCC(C(=O)OCc1cc(=O)n2ccc(C)cc2n1)N1C(=O)c2ccccc2C1=O. The minimum atomic E-state index is -1.06. The van der Waals surface area contributed by atoms with Crippen LogP contribution in [0.1, 0.15) is 38.4 Å². The van der Waals surface area contributed by atoms with Gasteiger partial charge in [-0.3, -0.25) is 23.7 Å². The van der Waals surface area contributed by atoms with E-state index in [4.69, 9.17) is 4.74 Å². The van der Waals surface area contributed by atoms with E-state index in [1.54, 1.807) is 42.6 Å². The second-order valence-corrected chi connectivity index (χ2v) is 8.43. The molecule has 0 spiro atoms. The first-order valence-corrected chi connectivity index (χ1v) is 11.4. The number of aromatic nitrogens is 2. The third-order valence-electron chi connectivity index (χ3n) is 5.24. The molecule has 0 fully saturated rings. The average molecular weight is 452 g/mol. The molecule has 0 saturated heterocycles. The Kier molecular flexibility index (Phi) is 6.09. The maximum absolute atomic E-state index is 13.0. The fraction of sp³-hybridized carbons (Fsp3) is 0.261. The van der Waals surface area contributed by atoms with Crippen LogP contribution in [-0.4, -0.2) is 50.1 Å². The Hall–Kier alpha value is -3.46. The second-order valence-electron chi connectivity index (χ2n) is 7.45. The number of benzene rings is 1. The lowest BCUT2D eigenvalue weighted by molar-refractivity contribution is -0.149. The number of hydrogen-bond acceptors (Lipinski definition) is 7. The number of carbonyl (C=O) groups excluding carboxylic acids is 3. The van der Waals surface area contributed by atoms with Gasteiger partial charge in [0.2, 0.25) is 0 Å². The zero-order chi connectivity index (χ0) is 22.8. The molecule has 1 aliphatic heterocycles. The molecule has 0 aliphatic carbocycles. The van der Waals surface area contributed by atoms with Crippen LogP contribution in [0.15, 0.2) is 53.5 Å². The molecule has 0 bridgehead atoms. The first-order valence-electron chi connectivity index (χ1n) is 10.0. The van der Waals surface area contributed by atoms with Gasteiger partial charge in [-0.05, 0) is 55.2 Å². The summed E-state index contributed by atoms with van der Waals surface area (Å²) in [6, 6.07) is 10.3. The summed E-state index contributed by atoms with van der Waals surface area (Å²) in [5, 5.41) is 0. The van der Waals surface area contributed by atoms with Crippen molar-refractivity contribution in [3.63, 3.8) is 0 Å². The number of ether oxygens (including phenoxy) is 1. The molecular weight excluding hydrogens is 430 g/mol. The summed E-state index contributed by atoms with van der Waals surface area (Å²) in [5.74, 6) is -1.17. The zero-order valence-corrected chi connectivity index (χ0v) is 18.4. The van der Waals surface area contributed by atoms with Crippen molar-refractivity contribution in [3.05, 3.63) is 81.4 Å². The molecule has 3 aromatic rings. The molecule has 1 aromatic carbocycles. The third-order valence-corrected chi connectivity index (χ3v) is 5.89. The van der Waals surface area contributed by atoms with Crippen LogP contribution in [0.2, 0.25) is 0 Å². The highest BCUT2D eigenvalue weighted by molar-refractivity contribution is 7.98. The summed E-state index contributed by atoms with van der Waals surface area (Å²) in [6.45, 7) is 1.65. The highest BCUT2D eigenvalue weighted by Crippen LogP contribution is 2.26. The fourth-order valence-electron chi connectivity index (χ4n) is 3.64. The van der Waals surface area contributed by atoms with E-state index >= 15 is 0 Å². The number of hydrogen-bond donors (Lipinski definition) is 0. The van der Waals surface area contributed by atoms with E-state index in [-0.39, 0.29) is 29.7 Å². The number of amides is 2. The Balaban J connectivity index is 1.56. The number of thioether (sulfide) groups is 1. The van der Waals surface area contributed by atoms with E-state index in [0.29, 0.717) is 17.1 Å². The molecule has 32 heavy (non-hydrogen) atoms. The van der Waals surface area contributed by atoms with Gasteiger partial charge in [0.1, 0.15) is 18.3 Å². The van der Waals surface area contributed by atoms with Crippen molar-refractivity contribution in [1.29, 1.82) is 0 Å². The van der Waals surface area contributed by atoms with Gasteiger partial charge in [-0.2, -0.15) is 11.8 Å². The maximum atomic E-state index is 13.0. The number of imide groups is 1. The van der Waals surface area contributed by atoms with Crippen LogP contribution >= 0.6 is 11.8 Å². The number of carbonyl (C=O) groups is 3. The van der Waals surface area contributed by atoms with Crippen molar-refractivity contribution in [1.82, 2.24) is 14.3 Å². The standard InChI is InChI=1S/C23H21N3O5S/c1-14-7-9-25-19(11-14)24-15(12-20(25)27)13-31-23(30)18(8-10-32-2)26-21(28)16-5-3-4-6-17(16)22(26)29/h3-7,9,11-12,18H,8,10,13H2,1-2H3. The smallest absolute Gasteiger partial charge is 0.329 e. The number of fused-ring (bicyclic) bond motifs is 2. The van der Waals surface area contributed by atoms with E-state index < -0.39 is 23.8 Å². The minimum absolute atomic E-state index is 0.239. The predicted octanol–water partition coefficient (Wildman–Crippen LogP) is 2.46. The number of aryl methyl sites for hydroxylation is 1. The number of nitrogens with zero attached hydrogens (tertiary/aromatic N) is 3. The summed E-state index contributed by atoms with van der Waals surface area (Å²) < 4.78 is 6.83. The Bertz CT molecular complexity index is 1250. The highest BCUT2D eigenvalue weighted by atomic mass is 32.2. The first kappa shape index (κ1) is 21.8. The van der Waals surface area contributed by atoms with E-state index in [1.807, 2.05) is 13.2 Å². The Labute approximate surface area is 188 Å². The van der Waals surface area contributed by atoms with Gasteiger partial charge in [0.05, 0.1) is 16.8 Å². The summed E-state index contributed by atoms with van der Waals surface area (Å²) in [4.78, 5) is 56.4. The third kappa shape index (κ3) is 4.03. The van der Waals surface area contributed by atoms with Crippen molar-refractivity contribution >= 4 is 35.2 Å². The largest absolute Gasteiger partial charge is 0.458 e. The average Bonchev–Trinajstić information content (AvgIpc) is 3.03. The number of pyridine rings is 1. The number of rotatable bonds is 7. The monoisotopic (exact) mass is 451 g/mol. The molecule has 9 heteroatoms. The predicted molar refractivity (Wildman–Crippen MR) is 120 cm³/mol. The molecule has 3 heterocycles. The van der Waals surface area contributed by atoms with Crippen LogP contribution in [0.3, 0.4) is 0 Å². The molecule has 8 nitrogen and oxygen atoms in total. The van der Waals surface area contributed by atoms with Crippen LogP contribution in [0.5, 0.6) is 0 Å². The van der Waals surface area contributed by atoms with Crippen molar-refractivity contribution in [2.24, 2.45) is 0 Å². The van der Waals surface area contributed by atoms with Gasteiger partial charge >= 0.3 is 5.97 Å². The maximum Gasteiger partial charge on any atom is 0.329 e. The zero-order valence-electron chi connectivity index (χ0n) is 17.6. The molecule has 2 amide bonds. The van der Waals surface area contributed by atoms with Gasteiger partial charge in [0, 0.05) is 12.3 Å². The van der Waals surface area contributed by atoms with Crippen LogP contribution in [-0.2, 0) is 16.1 Å². The van der Waals surface area contributed by atoms with Gasteiger partial charge in [-0.1, -0.05) is 12.1 Å². The number of esters is 1. The lowest BCUT2D eigenvalue weighted by Crippen LogP contribution is -2.46. The molecule has 1 unspecified atom stereocenters. The van der Waals surface area contributed by atoms with Crippen molar-refractivity contribution in [2.45, 2.75) is 26.0 Å². The van der Waals surface area contributed by atoms with Crippen molar-refractivity contribution in [3.8, 4) is 0 Å². The van der Waals surface area contributed by atoms with Gasteiger partial charge in [-0.25, -0.2) is 9.78 Å². The van der Waals surface area contributed by atoms with Gasteiger partial charge in [0.15, 0.2) is 0 Å². The normalized spacial score (nSPS) is 14.0. The van der Waals surface area contributed by atoms with E-state index in [0.717, 1.165) is 10.5 Å². The molecular formula is C23H21N3O5S. The topological polar surface area (TPSA) is 98.1 Å². The summed E-state index contributed by atoms with van der Waals surface area (Å²) >= 11 is 1.50. The van der Waals surface area contributed by atoms with Gasteiger partial charge in [-0.15, -0.1) is 0 Å².